The number of thioether (sulfide) groups is 1. The van der Waals surface area contributed by atoms with Gasteiger partial charge in [0.05, 0.1) is 11.3 Å². The summed E-state index contributed by atoms with van der Waals surface area (Å²) < 4.78 is 0. The lowest BCUT2D eigenvalue weighted by molar-refractivity contribution is -0.119. The van der Waals surface area contributed by atoms with Gasteiger partial charge in [-0.05, 0) is 61.6 Å². The van der Waals surface area contributed by atoms with E-state index >= 15 is 0 Å². The minimum atomic E-state index is -0.113. The molecule has 2 aliphatic carbocycles. The van der Waals surface area contributed by atoms with Gasteiger partial charge in [-0.2, -0.15) is 0 Å². The van der Waals surface area contributed by atoms with Crippen LogP contribution in [0.3, 0.4) is 0 Å². The highest BCUT2D eigenvalue weighted by Gasteiger charge is 2.42. The number of benzene rings is 2. The van der Waals surface area contributed by atoms with E-state index in [1.54, 1.807) is 0 Å². The maximum absolute atomic E-state index is 12.7. The largest absolute Gasteiger partial charge is 0.353 e. The molecule has 4 nitrogen and oxygen atoms in total. The van der Waals surface area contributed by atoms with E-state index in [1.807, 2.05) is 54.6 Å². The molecule has 2 amide bonds. The summed E-state index contributed by atoms with van der Waals surface area (Å²) in [4.78, 5) is 26.1. The molecule has 2 bridgehead atoms. The van der Waals surface area contributed by atoms with E-state index in [9.17, 15) is 9.59 Å². The van der Waals surface area contributed by atoms with Gasteiger partial charge in [0.25, 0.3) is 5.91 Å². The third kappa shape index (κ3) is 5.07. The van der Waals surface area contributed by atoms with Crippen LogP contribution in [0.5, 0.6) is 0 Å². The van der Waals surface area contributed by atoms with E-state index in [0.29, 0.717) is 23.8 Å². The maximum atomic E-state index is 12.7. The van der Waals surface area contributed by atoms with E-state index < -0.39 is 0 Å². The number of carbonyl (C=O) groups excluding carboxylic acids is 2. The van der Waals surface area contributed by atoms with E-state index in [1.165, 1.54) is 37.4 Å². The summed E-state index contributed by atoms with van der Waals surface area (Å²) in [7, 11) is 0. The fourth-order valence-corrected chi connectivity index (χ4v) is 5.97. The van der Waals surface area contributed by atoms with Crippen LogP contribution in [-0.4, -0.2) is 23.6 Å². The molecule has 2 aliphatic rings. The Bertz CT molecular complexity index is 886. The standard InChI is InChI=1S/C25H30N2O2S/c1-17(22-14-19-11-12-20(22)13-19)27-24(28)16-30-23-10-6-5-9-21(23)25(29)26-15-18-7-3-2-4-8-18/h2-10,17,19-20,22H,11-16H2,1H3,(H,26,29)(H,27,28). The van der Waals surface area contributed by atoms with Gasteiger partial charge >= 0.3 is 0 Å². The van der Waals surface area contributed by atoms with Crippen LogP contribution in [0.15, 0.2) is 59.5 Å². The molecule has 0 aliphatic heterocycles. The van der Waals surface area contributed by atoms with Gasteiger partial charge in [0.15, 0.2) is 0 Å². The van der Waals surface area contributed by atoms with Crippen molar-refractivity contribution in [1.82, 2.24) is 10.6 Å². The van der Waals surface area contributed by atoms with Crippen LogP contribution in [0.1, 0.15) is 48.5 Å². The Hall–Kier alpha value is -2.27. The second kappa shape index (κ2) is 9.69. The van der Waals surface area contributed by atoms with Crippen LogP contribution in [-0.2, 0) is 11.3 Å². The lowest BCUT2D eigenvalue weighted by Gasteiger charge is -2.28. The van der Waals surface area contributed by atoms with Crippen molar-refractivity contribution in [2.24, 2.45) is 17.8 Å². The molecule has 158 valence electrons. The van der Waals surface area contributed by atoms with E-state index in [4.69, 9.17) is 0 Å². The Balaban J connectivity index is 1.29. The smallest absolute Gasteiger partial charge is 0.252 e. The number of hydrogen-bond acceptors (Lipinski definition) is 3. The van der Waals surface area contributed by atoms with Crippen molar-refractivity contribution >= 4 is 23.6 Å². The van der Waals surface area contributed by atoms with E-state index in [0.717, 1.165) is 22.3 Å². The summed E-state index contributed by atoms with van der Waals surface area (Å²) in [5.74, 6) is 2.58. The highest BCUT2D eigenvalue weighted by Crippen LogP contribution is 2.49. The first-order chi connectivity index (χ1) is 14.6. The first-order valence-corrected chi connectivity index (χ1v) is 11.9. The fourth-order valence-electron chi connectivity index (χ4n) is 5.11. The highest BCUT2D eigenvalue weighted by atomic mass is 32.2. The monoisotopic (exact) mass is 422 g/mol. The van der Waals surface area contributed by atoms with Crippen molar-refractivity contribution in [2.75, 3.05) is 5.75 Å². The second-order valence-electron chi connectivity index (χ2n) is 8.65. The minimum absolute atomic E-state index is 0.0507. The molecule has 2 aromatic carbocycles. The van der Waals surface area contributed by atoms with Gasteiger partial charge in [0.2, 0.25) is 5.91 Å². The van der Waals surface area contributed by atoms with Crippen LogP contribution < -0.4 is 10.6 Å². The highest BCUT2D eigenvalue weighted by molar-refractivity contribution is 8.00. The zero-order chi connectivity index (χ0) is 20.9. The summed E-state index contributed by atoms with van der Waals surface area (Å²) in [6, 6.07) is 17.6. The number of rotatable bonds is 8. The molecule has 0 radical (unpaired) electrons. The van der Waals surface area contributed by atoms with Crippen LogP contribution in [0, 0.1) is 17.8 Å². The number of carbonyl (C=O) groups is 2. The summed E-state index contributed by atoms with van der Waals surface area (Å²) in [5.41, 5.74) is 1.68. The molecule has 0 heterocycles. The molecule has 5 heteroatoms. The second-order valence-corrected chi connectivity index (χ2v) is 9.67. The van der Waals surface area contributed by atoms with Crippen molar-refractivity contribution in [2.45, 2.75) is 50.1 Å². The number of amides is 2. The normalized spacial score (nSPS) is 23.2. The Morgan fingerprint density at radius 2 is 1.80 bits per heavy atom. The van der Waals surface area contributed by atoms with Crippen molar-refractivity contribution in [1.29, 1.82) is 0 Å². The number of hydrogen-bond donors (Lipinski definition) is 2. The zero-order valence-electron chi connectivity index (χ0n) is 17.5. The summed E-state index contributed by atoms with van der Waals surface area (Å²) in [6.07, 6.45) is 5.32. The van der Waals surface area contributed by atoms with Gasteiger partial charge in [-0.3, -0.25) is 9.59 Å². The number of nitrogens with one attached hydrogen (secondary N) is 2. The average Bonchev–Trinajstić information content (AvgIpc) is 3.41. The maximum Gasteiger partial charge on any atom is 0.252 e. The van der Waals surface area contributed by atoms with Crippen LogP contribution in [0.4, 0.5) is 0 Å². The van der Waals surface area contributed by atoms with Crippen LogP contribution in [0.25, 0.3) is 0 Å². The summed E-state index contributed by atoms with van der Waals surface area (Å²) in [5, 5.41) is 6.19. The first kappa shape index (κ1) is 21.0. The molecule has 4 unspecified atom stereocenters. The van der Waals surface area contributed by atoms with Crippen molar-refractivity contribution < 1.29 is 9.59 Å². The molecule has 2 saturated carbocycles. The Kier molecular flexibility index (Phi) is 6.78. The molecule has 4 atom stereocenters. The summed E-state index contributed by atoms with van der Waals surface area (Å²) in [6.45, 7) is 2.64. The Morgan fingerprint density at radius 3 is 2.53 bits per heavy atom. The predicted octanol–water partition coefficient (Wildman–Crippen LogP) is 4.65. The molecule has 4 rings (SSSR count). The molecule has 0 aromatic heterocycles. The lowest BCUT2D eigenvalue weighted by atomic mass is 9.84. The minimum Gasteiger partial charge on any atom is -0.353 e. The third-order valence-corrected chi connectivity index (χ3v) is 7.68. The van der Waals surface area contributed by atoms with Crippen LogP contribution >= 0.6 is 11.8 Å². The molecule has 0 spiro atoms. The average molecular weight is 423 g/mol. The fraction of sp³-hybridized carbons (Fsp3) is 0.440. The third-order valence-electron chi connectivity index (χ3n) is 6.61. The number of fused-ring (bicyclic) bond motifs is 2. The molecule has 2 aromatic rings. The Morgan fingerprint density at radius 1 is 1.03 bits per heavy atom. The molecular weight excluding hydrogens is 392 g/mol. The van der Waals surface area contributed by atoms with Crippen molar-refractivity contribution in [3.63, 3.8) is 0 Å². The van der Waals surface area contributed by atoms with Gasteiger partial charge in [-0.1, -0.05) is 48.9 Å². The zero-order valence-corrected chi connectivity index (χ0v) is 18.3. The topological polar surface area (TPSA) is 58.2 Å². The molecule has 0 saturated heterocycles. The van der Waals surface area contributed by atoms with E-state index in [2.05, 4.69) is 17.6 Å². The quantitative estimate of drug-likeness (QED) is 0.609. The van der Waals surface area contributed by atoms with Gasteiger partial charge in [0, 0.05) is 17.5 Å². The predicted molar refractivity (Wildman–Crippen MR) is 121 cm³/mol. The van der Waals surface area contributed by atoms with Crippen molar-refractivity contribution in [3.8, 4) is 0 Å². The van der Waals surface area contributed by atoms with Gasteiger partial charge < -0.3 is 10.6 Å². The SMILES string of the molecule is CC(NC(=O)CSc1ccccc1C(=O)NCc1ccccc1)C1CC2CCC1C2. The van der Waals surface area contributed by atoms with Gasteiger partial charge in [0.1, 0.15) is 0 Å². The van der Waals surface area contributed by atoms with Gasteiger partial charge in [-0.25, -0.2) is 0 Å². The molecular formula is C25H30N2O2S. The molecule has 30 heavy (non-hydrogen) atoms. The molecule has 2 N–H and O–H groups in total. The van der Waals surface area contributed by atoms with Gasteiger partial charge in [-0.15, -0.1) is 11.8 Å². The molecule has 2 fully saturated rings. The lowest BCUT2D eigenvalue weighted by Crippen LogP contribution is -2.40. The first-order valence-electron chi connectivity index (χ1n) is 10.9. The van der Waals surface area contributed by atoms with Crippen molar-refractivity contribution in [3.05, 3.63) is 65.7 Å². The Labute approximate surface area is 183 Å². The van der Waals surface area contributed by atoms with E-state index in [-0.39, 0.29) is 17.9 Å². The van der Waals surface area contributed by atoms with Crippen LogP contribution in [0.2, 0.25) is 0 Å². The summed E-state index contributed by atoms with van der Waals surface area (Å²) >= 11 is 1.43.